The van der Waals surface area contributed by atoms with Crippen LogP contribution in [0.4, 0.5) is 0 Å². The number of benzene rings is 3. The highest BCUT2D eigenvalue weighted by molar-refractivity contribution is 7.87. The summed E-state index contributed by atoms with van der Waals surface area (Å²) in [4.78, 5) is 44.7. The lowest BCUT2D eigenvalue weighted by atomic mass is 9.81. The number of nitrogens with one attached hydrogen (secondary N) is 1. The van der Waals surface area contributed by atoms with Crippen molar-refractivity contribution in [2.24, 2.45) is 0 Å². The molecule has 0 bridgehead atoms. The number of ether oxygens (including phenoxy) is 2. The number of carbonyl (C=O) groups excluding carboxylic acids is 3. The van der Waals surface area contributed by atoms with Crippen LogP contribution in [0.1, 0.15) is 59.5 Å². The molecule has 2 fully saturated rings. The Morgan fingerprint density at radius 1 is 0.849 bits per heavy atom. The van der Waals surface area contributed by atoms with Crippen LogP contribution in [0.2, 0.25) is 0 Å². The number of rotatable bonds is 6. The van der Waals surface area contributed by atoms with E-state index in [1.54, 1.807) is 28.0 Å². The molecule has 276 valence electrons. The molecule has 53 heavy (non-hydrogen) atoms. The van der Waals surface area contributed by atoms with Crippen LogP contribution in [0, 0.1) is 0 Å². The van der Waals surface area contributed by atoms with Crippen molar-refractivity contribution in [2.45, 2.75) is 50.7 Å². The van der Waals surface area contributed by atoms with Crippen LogP contribution in [0.5, 0.6) is 11.5 Å². The van der Waals surface area contributed by atoms with Crippen molar-refractivity contribution < 1.29 is 32.3 Å². The summed E-state index contributed by atoms with van der Waals surface area (Å²) in [5, 5.41) is 1.01. The van der Waals surface area contributed by atoms with Gasteiger partial charge in [-0.15, -0.1) is 0 Å². The second-order valence-electron chi connectivity index (χ2n) is 14.4. The van der Waals surface area contributed by atoms with Gasteiger partial charge in [0, 0.05) is 67.9 Å². The van der Waals surface area contributed by atoms with E-state index in [0.717, 1.165) is 57.7 Å². The fourth-order valence-corrected chi connectivity index (χ4v) is 8.63. The smallest absolute Gasteiger partial charge is 0.303 e. The van der Waals surface area contributed by atoms with Crippen LogP contribution in [0.3, 0.4) is 0 Å². The first-order valence-electron chi connectivity index (χ1n) is 18.3. The molecule has 0 spiro atoms. The van der Waals surface area contributed by atoms with Crippen molar-refractivity contribution in [2.75, 3.05) is 46.9 Å². The fourth-order valence-electron chi connectivity index (χ4n) is 8.09. The average molecular weight is 738 g/mol. The second kappa shape index (κ2) is 14.0. The van der Waals surface area contributed by atoms with Crippen molar-refractivity contribution in [3.63, 3.8) is 0 Å². The number of hydrogen-bond donors (Lipinski definition) is 1. The normalized spacial score (nSPS) is 18.9. The molecule has 1 aromatic heterocycles. The molecule has 13 heteroatoms. The monoisotopic (exact) mass is 737 g/mol. The minimum absolute atomic E-state index is 0.113. The van der Waals surface area contributed by atoms with Gasteiger partial charge in [0.05, 0.1) is 12.2 Å². The number of carbonyl (C=O) groups is 3. The van der Waals surface area contributed by atoms with Gasteiger partial charge >= 0.3 is 10.2 Å². The van der Waals surface area contributed by atoms with Crippen molar-refractivity contribution in [3.05, 3.63) is 89.0 Å². The van der Waals surface area contributed by atoms with Crippen LogP contribution < -0.4 is 14.2 Å². The lowest BCUT2D eigenvalue weighted by molar-refractivity contribution is -0.145. The molecule has 1 atom stereocenters. The molecule has 4 aromatic rings. The molecule has 1 unspecified atom stereocenters. The number of para-hydroxylation sites is 2. The summed E-state index contributed by atoms with van der Waals surface area (Å²) in [7, 11) is -1.28. The molecule has 4 aliphatic rings. The molecule has 1 N–H and O–H groups in total. The van der Waals surface area contributed by atoms with Crippen molar-refractivity contribution >= 4 is 44.9 Å². The molecule has 3 aromatic carbocycles. The van der Waals surface area contributed by atoms with Crippen molar-refractivity contribution in [3.8, 4) is 22.8 Å². The molecule has 3 aliphatic heterocycles. The summed E-state index contributed by atoms with van der Waals surface area (Å²) in [6.07, 6.45) is 6.77. The van der Waals surface area contributed by atoms with Crippen molar-refractivity contribution in [1.29, 1.82) is 0 Å². The summed E-state index contributed by atoms with van der Waals surface area (Å²) in [5.74, 6) is 0.467. The zero-order valence-electron chi connectivity index (χ0n) is 29.9. The molecule has 1 saturated heterocycles. The van der Waals surface area contributed by atoms with Crippen LogP contribution in [-0.2, 0) is 26.3 Å². The Kier molecular flexibility index (Phi) is 9.23. The molecule has 1 aliphatic carbocycles. The Labute approximate surface area is 309 Å². The summed E-state index contributed by atoms with van der Waals surface area (Å²) >= 11 is 0. The van der Waals surface area contributed by atoms with Gasteiger partial charge in [-0.3, -0.25) is 14.4 Å². The largest absolute Gasteiger partial charge is 0.485 e. The van der Waals surface area contributed by atoms with E-state index in [0.29, 0.717) is 49.2 Å². The first-order chi connectivity index (χ1) is 25.6. The fraction of sp³-hybridized carbons (Fsp3) is 0.375. The number of piperazine rings is 1. The Morgan fingerprint density at radius 3 is 2.30 bits per heavy atom. The van der Waals surface area contributed by atoms with E-state index in [-0.39, 0.29) is 30.5 Å². The van der Waals surface area contributed by atoms with E-state index in [9.17, 15) is 22.8 Å². The topological polar surface area (TPSA) is 130 Å². The van der Waals surface area contributed by atoms with Crippen LogP contribution in [0.15, 0.2) is 72.3 Å². The van der Waals surface area contributed by atoms with Gasteiger partial charge < -0.3 is 23.8 Å². The van der Waals surface area contributed by atoms with E-state index >= 15 is 0 Å². The zero-order chi connectivity index (χ0) is 36.9. The second-order valence-corrected chi connectivity index (χ2v) is 16.3. The Morgan fingerprint density at radius 2 is 1.55 bits per heavy atom. The van der Waals surface area contributed by atoms with Gasteiger partial charge in [0.15, 0.2) is 11.5 Å². The van der Waals surface area contributed by atoms with Gasteiger partial charge in [-0.25, -0.2) is 4.72 Å². The summed E-state index contributed by atoms with van der Waals surface area (Å²) in [6, 6.07) is 20.8. The highest BCUT2D eigenvalue weighted by Gasteiger charge is 2.35. The summed E-state index contributed by atoms with van der Waals surface area (Å²) in [5.41, 5.74) is 5.78. The van der Waals surface area contributed by atoms with Gasteiger partial charge in [0.1, 0.15) is 6.61 Å². The first kappa shape index (κ1) is 34.9. The lowest BCUT2D eigenvalue weighted by Gasteiger charge is -2.37. The number of aromatic nitrogens is 1. The molecule has 3 amide bonds. The predicted molar refractivity (Wildman–Crippen MR) is 201 cm³/mol. The molecule has 0 radical (unpaired) electrons. The number of amides is 3. The Hall–Kier alpha value is -5.14. The number of fused-ring (bicyclic) bond motifs is 6. The van der Waals surface area contributed by atoms with Gasteiger partial charge in [0.25, 0.3) is 17.7 Å². The molecule has 1 saturated carbocycles. The van der Waals surface area contributed by atoms with E-state index in [1.165, 1.54) is 26.1 Å². The highest BCUT2D eigenvalue weighted by Crippen LogP contribution is 2.46. The zero-order valence-corrected chi connectivity index (χ0v) is 30.7. The minimum Gasteiger partial charge on any atom is -0.485 e. The van der Waals surface area contributed by atoms with Crippen LogP contribution in [0.25, 0.3) is 28.2 Å². The maximum absolute atomic E-state index is 14.4. The Balaban J connectivity index is 1.10. The number of hydrogen-bond acceptors (Lipinski definition) is 7. The van der Waals surface area contributed by atoms with E-state index in [2.05, 4.69) is 15.4 Å². The van der Waals surface area contributed by atoms with Crippen LogP contribution >= 0.6 is 0 Å². The molecule has 8 rings (SSSR count). The van der Waals surface area contributed by atoms with Gasteiger partial charge in [0.2, 0.25) is 6.10 Å². The number of nitrogens with zero attached hydrogens (tertiary/aromatic N) is 4. The molecule has 4 heterocycles. The maximum atomic E-state index is 14.4. The van der Waals surface area contributed by atoms with Crippen LogP contribution in [-0.4, -0.2) is 97.8 Å². The third kappa shape index (κ3) is 6.56. The highest BCUT2D eigenvalue weighted by atomic mass is 32.2. The van der Waals surface area contributed by atoms with E-state index in [1.807, 2.05) is 48.5 Å². The van der Waals surface area contributed by atoms with E-state index < -0.39 is 22.2 Å². The minimum atomic E-state index is -4.00. The average Bonchev–Trinajstić information content (AvgIpc) is 3.39. The molecule has 12 nitrogen and oxygen atoms in total. The predicted octanol–water partition coefficient (Wildman–Crippen LogP) is 4.80. The van der Waals surface area contributed by atoms with Gasteiger partial charge in [-0.1, -0.05) is 61.7 Å². The molecular weight excluding hydrogens is 695 g/mol. The van der Waals surface area contributed by atoms with Gasteiger partial charge in [-0.05, 0) is 60.2 Å². The molecular formula is C40H43N5O7S. The quantitative estimate of drug-likeness (QED) is 0.301. The van der Waals surface area contributed by atoms with Gasteiger partial charge in [-0.2, -0.15) is 12.7 Å². The Bertz CT molecular complexity index is 2250. The third-order valence-electron chi connectivity index (χ3n) is 10.9. The maximum Gasteiger partial charge on any atom is 0.303 e. The first-order valence-corrected chi connectivity index (χ1v) is 19.7. The van der Waals surface area contributed by atoms with Crippen molar-refractivity contribution in [1.82, 2.24) is 23.4 Å². The van der Waals surface area contributed by atoms with E-state index in [4.69, 9.17) is 9.47 Å². The standard InChI is InChI=1S/C40H43N5O7S/c1-42(2)53(49,50)41-38(46)28-16-17-31-32(23-28)45-24-29(22-27-12-6-7-13-30(27)37(45)36(31)26-10-4-3-5-11-26)39(47)43-18-20-44(21-19-43)40(48)35-25-51-33-14-8-9-15-34(33)52-35/h6-9,12-17,22-23,26,35H,3-5,10-11,18-21,24-25H2,1-2H3,(H,41,46). The SMILES string of the molecule is CN(C)S(=O)(=O)NC(=O)c1ccc2c(C3CCCCC3)c3n(c2c1)CC(C(=O)N1CCN(C(=O)C2COc4ccccc4O2)CC1)=Cc1ccccc1-3. The third-order valence-corrected chi connectivity index (χ3v) is 12.3. The summed E-state index contributed by atoms with van der Waals surface area (Å²) in [6.45, 7) is 1.86. The summed E-state index contributed by atoms with van der Waals surface area (Å²) < 4.78 is 42.1. The lowest BCUT2D eigenvalue weighted by Crippen LogP contribution is -2.55.